The Bertz CT molecular complexity index is 1100. The molecule has 0 aliphatic carbocycles. The Morgan fingerprint density at radius 3 is 2.68 bits per heavy atom. The molecule has 6 nitrogen and oxygen atoms in total. The summed E-state index contributed by atoms with van der Waals surface area (Å²) in [6.07, 6.45) is 2.51. The Morgan fingerprint density at radius 2 is 2.00 bits per heavy atom. The average Bonchev–Trinajstić information content (AvgIpc) is 3.25. The standard InChI is InChI=1S/C24H28N2O4S/c1-3-4-5-6-17-7-12-22-21(15-17)24-20(23(16-27)25-22)13-14-26(24)31(28,29)19-10-8-18(30-2)9-11-19/h7-12,15,20,23-25,27H,3-4,13-14,16H2,1-2H3/t20-,23-,24-/m0/s1. The van der Waals surface area contributed by atoms with E-state index in [0.29, 0.717) is 18.7 Å². The maximum Gasteiger partial charge on any atom is 0.243 e. The van der Waals surface area contributed by atoms with Crippen molar-refractivity contribution in [2.75, 3.05) is 25.6 Å². The van der Waals surface area contributed by atoms with Gasteiger partial charge >= 0.3 is 0 Å². The molecular formula is C24H28N2O4S. The number of aliphatic hydroxyl groups excluding tert-OH is 1. The van der Waals surface area contributed by atoms with Crippen LogP contribution in [0.2, 0.25) is 0 Å². The van der Waals surface area contributed by atoms with E-state index in [1.54, 1.807) is 35.7 Å². The topological polar surface area (TPSA) is 78.9 Å². The molecule has 1 fully saturated rings. The van der Waals surface area contributed by atoms with Gasteiger partial charge < -0.3 is 15.2 Å². The molecule has 0 amide bonds. The molecule has 2 aromatic rings. The summed E-state index contributed by atoms with van der Waals surface area (Å²) in [4.78, 5) is 0.244. The van der Waals surface area contributed by atoms with Gasteiger partial charge in [-0.3, -0.25) is 0 Å². The number of sulfonamides is 1. The first-order chi connectivity index (χ1) is 15.0. The predicted octanol–water partition coefficient (Wildman–Crippen LogP) is 3.39. The fourth-order valence-electron chi connectivity index (χ4n) is 4.54. The van der Waals surface area contributed by atoms with Crippen LogP contribution < -0.4 is 10.1 Å². The van der Waals surface area contributed by atoms with Crippen LogP contribution in [0.1, 0.15) is 43.4 Å². The number of unbranched alkanes of at least 4 members (excludes halogenated alkanes) is 1. The molecule has 2 N–H and O–H groups in total. The molecule has 1 saturated heterocycles. The number of benzene rings is 2. The van der Waals surface area contributed by atoms with Crippen molar-refractivity contribution < 1.29 is 18.3 Å². The van der Waals surface area contributed by atoms with E-state index in [1.807, 2.05) is 18.2 Å². The zero-order valence-electron chi connectivity index (χ0n) is 17.8. The lowest BCUT2D eigenvalue weighted by Gasteiger charge is -2.38. The smallest absolute Gasteiger partial charge is 0.243 e. The number of hydrogen-bond acceptors (Lipinski definition) is 5. The van der Waals surface area contributed by atoms with Gasteiger partial charge in [0.05, 0.1) is 30.7 Å². The van der Waals surface area contributed by atoms with Crippen molar-refractivity contribution in [2.45, 2.75) is 43.2 Å². The summed E-state index contributed by atoms with van der Waals surface area (Å²) in [6.45, 7) is 2.45. The van der Waals surface area contributed by atoms with Gasteiger partial charge in [-0.15, -0.1) is 0 Å². The van der Waals surface area contributed by atoms with Crippen LogP contribution in [-0.2, 0) is 10.0 Å². The third-order valence-corrected chi connectivity index (χ3v) is 7.99. The minimum atomic E-state index is -3.71. The van der Waals surface area contributed by atoms with E-state index < -0.39 is 10.0 Å². The van der Waals surface area contributed by atoms with Gasteiger partial charge in [0, 0.05) is 30.1 Å². The minimum absolute atomic E-state index is 0.00984. The molecule has 31 heavy (non-hydrogen) atoms. The Balaban J connectivity index is 1.75. The van der Waals surface area contributed by atoms with Crippen molar-refractivity contribution in [1.82, 2.24) is 4.31 Å². The van der Waals surface area contributed by atoms with Gasteiger partial charge in [-0.2, -0.15) is 4.31 Å². The van der Waals surface area contributed by atoms with Crippen LogP contribution in [0.15, 0.2) is 47.4 Å². The lowest BCUT2D eigenvalue weighted by atomic mass is 9.83. The number of ether oxygens (including phenoxy) is 1. The lowest BCUT2D eigenvalue weighted by Crippen LogP contribution is -2.42. The summed E-state index contributed by atoms with van der Waals surface area (Å²) in [7, 11) is -2.16. The van der Waals surface area contributed by atoms with Gasteiger partial charge in [-0.05, 0) is 60.9 Å². The van der Waals surface area contributed by atoms with Gasteiger partial charge in [0.1, 0.15) is 5.75 Å². The Morgan fingerprint density at radius 1 is 1.23 bits per heavy atom. The minimum Gasteiger partial charge on any atom is -0.497 e. The first-order valence-corrected chi connectivity index (χ1v) is 12.1. The molecule has 2 aromatic carbocycles. The molecule has 2 heterocycles. The number of nitrogens with zero attached hydrogens (tertiary/aromatic N) is 1. The molecule has 4 rings (SSSR count). The van der Waals surface area contributed by atoms with Crippen molar-refractivity contribution in [2.24, 2.45) is 5.92 Å². The van der Waals surface area contributed by atoms with Crippen molar-refractivity contribution in [3.63, 3.8) is 0 Å². The van der Waals surface area contributed by atoms with Crippen LogP contribution >= 0.6 is 0 Å². The van der Waals surface area contributed by atoms with Crippen LogP contribution in [0.5, 0.6) is 5.75 Å². The molecule has 2 aliphatic rings. The largest absolute Gasteiger partial charge is 0.497 e. The highest BCUT2D eigenvalue weighted by atomic mass is 32.2. The summed E-state index contributed by atoms with van der Waals surface area (Å²) in [5, 5.41) is 13.4. The van der Waals surface area contributed by atoms with Gasteiger partial charge in [0.15, 0.2) is 0 Å². The number of rotatable bonds is 5. The third-order valence-electron chi connectivity index (χ3n) is 6.10. The van der Waals surface area contributed by atoms with Crippen LogP contribution in [0.4, 0.5) is 5.69 Å². The number of methoxy groups -OCH3 is 1. The normalized spacial score (nSPS) is 22.6. The number of hydrogen-bond donors (Lipinski definition) is 2. The van der Waals surface area contributed by atoms with Gasteiger partial charge in [-0.25, -0.2) is 8.42 Å². The third kappa shape index (κ3) is 4.03. The highest BCUT2D eigenvalue weighted by molar-refractivity contribution is 7.89. The SMILES string of the molecule is CCCC#Cc1ccc2c(c1)[C@@H]1[C@@H](CCN1S(=O)(=O)c1ccc(OC)cc1)[C@H](CO)N2. The monoisotopic (exact) mass is 440 g/mol. The van der Waals surface area contributed by atoms with E-state index in [2.05, 4.69) is 24.1 Å². The second-order valence-electron chi connectivity index (χ2n) is 7.98. The van der Waals surface area contributed by atoms with Gasteiger partial charge in [-0.1, -0.05) is 18.8 Å². The Labute approximate surface area is 184 Å². The molecule has 164 valence electrons. The number of nitrogens with one attached hydrogen (secondary N) is 1. The van der Waals surface area contributed by atoms with Crippen LogP contribution in [0.25, 0.3) is 0 Å². The fourth-order valence-corrected chi connectivity index (χ4v) is 6.21. The summed E-state index contributed by atoms with van der Waals surface area (Å²) < 4.78 is 33.9. The van der Waals surface area contributed by atoms with Crippen LogP contribution in [0.3, 0.4) is 0 Å². The molecule has 0 saturated carbocycles. The summed E-state index contributed by atoms with van der Waals surface area (Å²) in [5.74, 6) is 6.95. The number of anilines is 1. The van der Waals surface area contributed by atoms with Crippen molar-refractivity contribution >= 4 is 15.7 Å². The molecule has 0 radical (unpaired) electrons. The zero-order chi connectivity index (χ0) is 22.0. The van der Waals surface area contributed by atoms with E-state index in [1.165, 1.54) is 0 Å². The van der Waals surface area contributed by atoms with Gasteiger partial charge in [0.25, 0.3) is 0 Å². The summed E-state index contributed by atoms with van der Waals surface area (Å²) >= 11 is 0. The van der Waals surface area contributed by atoms with Crippen molar-refractivity contribution in [3.8, 4) is 17.6 Å². The molecular weight excluding hydrogens is 412 g/mol. The molecule has 0 bridgehead atoms. The predicted molar refractivity (Wildman–Crippen MR) is 120 cm³/mol. The quantitative estimate of drug-likeness (QED) is 0.697. The maximum absolute atomic E-state index is 13.6. The van der Waals surface area contributed by atoms with Gasteiger partial charge in [0.2, 0.25) is 10.0 Å². The highest BCUT2D eigenvalue weighted by Gasteiger charge is 2.48. The van der Waals surface area contributed by atoms with E-state index in [0.717, 1.165) is 29.7 Å². The van der Waals surface area contributed by atoms with Crippen molar-refractivity contribution in [1.29, 1.82) is 0 Å². The molecule has 0 unspecified atom stereocenters. The molecule has 2 aliphatic heterocycles. The molecule has 0 aromatic heterocycles. The molecule has 7 heteroatoms. The maximum atomic E-state index is 13.6. The van der Waals surface area contributed by atoms with E-state index in [9.17, 15) is 13.5 Å². The summed E-state index contributed by atoms with van der Waals surface area (Å²) in [5.41, 5.74) is 2.66. The second kappa shape index (κ2) is 8.91. The van der Waals surface area contributed by atoms with E-state index in [-0.39, 0.29) is 29.5 Å². The average molecular weight is 441 g/mol. The fraction of sp³-hybridized carbons (Fsp3) is 0.417. The Kier molecular flexibility index (Phi) is 6.24. The van der Waals surface area contributed by atoms with E-state index >= 15 is 0 Å². The van der Waals surface area contributed by atoms with Crippen molar-refractivity contribution in [3.05, 3.63) is 53.6 Å². The molecule has 0 spiro atoms. The van der Waals surface area contributed by atoms with Crippen LogP contribution in [0, 0.1) is 17.8 Å². The Hall–Kier alpha value is -2.53. The zero-order valence-corrected chi connectivity index (χ0v) is 18.7. The van der Waals surface area contributed by atoms with Crippen LogP contribution in [-0.4, -0.2) is 44.1 Å². The first-order valence-electron chi connectivity index (χ1n) is 10.7. The summed E-state index contributed by atoms with van der Waals surface area (Å²) in [6, 6.07) is 11.8. The molecule has 3 atom stereocenters. The van der Waals surface area contributed by atoms with E-state index in [4.69, 9.17) is 4.74 Å². The highest BCUT2D eigenvalue weighted by Crippen LogP contribution is 2.48. The lowest BCUT2D eigenvalue weighted by molar-refractivity contribution is 0.210. The number of fused-ring (bicyclic) bond motifs is 3. The second-order valence-corrected chi connectivity index (χ2v) is 9.87. The first kappa shape index (κ1) is 21.7. The number of aliphatic hydroxyl groups is 1.